The number of benzene rings is 1. The van der Waals surface area contributed by atoms with Gasteiger partial charge in [0.2, 0.25) is 5.91 Å². The Morgan fingerprint density at radius 1 is 1.50 bits per heavy atom. The molecule has 4 heteroatoms. The summed E-state index contributed by atoms with van der Waals surface area (Å²) in [5.74, 6) is 0.0433. The van der Waals surface area contributed by atoms with Gasteiger partial charge in [0.1, 0.15) is 0 Å². The van der Waals surface area contributed by atoms with E-state index in [-0.39, 0.29) is 11.9 Å². The molecule has 3 nitrogen and oxygen atoms in total. The van der Waals surface area contributed by atoms with E-state index in [1.165, 1.54) is 0 Å². The molecule has 1 aromatic carbocycles. The van der Waals surface area contributed by atoms with Crippen molar-refractivity contribution in [1.82, 2.24) is 4.90 Å². The summed E-state index contributed by atoms with van der Waals surface area (Å²) in [6, 6.07) is 7.83. The number of carbonyl (C=O) groups is 1. The van der Waals surface area contributed by atoms with Gasteiger partial charge in [-0.05, 0) is 37.8 Å². The molecular weight excluding hydrogens is 272 g/mol. The molecule has 0 radical (unpaired) electrons. The summed E-state index contributed by atoms with van der Waals surface area (Å²) in [5.41, 5.74) is 6.46. The number of likely N-dealkylation sites (tertiary alicyclic amines) is 1. The second-order valence-corrected chi connectivity index (χ2v) is 6.25. The minimum atomic E-state index is -0.779. The molecule has 1 aliphatic heterocycles. The average Bonchev–Trinajstić information content (AvgIpc) is 2.87. The summed E-state index contributed by atoms with van der Waals surface area (Å²) in [6.07, 6.45) is 3.57. The lowest BCUT2D eigenvalue weighted by molar-refractivity contribution is -0.137. The summed E-state index contributed by atoms with van der Waals surface area (Å²) in [5, 5.41) is 0.728. The maximum Gasteiger partial charge on any atom is 0.242 e. The molecule has 110 valence electrons. The van der Waals surface area contributed by atoms with Gasteiger partial charge in [0.15, 0.2) is 0 Å². The van der Waals surface area contributed by atoms with Gasteiger partial charge in [-0.1, -0.05) is 43.1 Å². The fourth-order valence-electron chi connectivity index (χ4n) is 3.03. The highest BCUT2D eigenvalue weighted by atomic mass is 35.5. The van der Waals surface area contributed by atoms with Gasteiger partial charge in [-0.25, -0.2) is 0 Å². The Bertz CT molecular complexity index is 487. The molecule has 1 heterocycles. The molecule has 0 saturated carbocycles. The zero-order chi connectivity index (χ0) is 14.8. The van der Waals surface area contributed by atoms with Crippen LogP contribution in [-0.2, 0) is 4.79 Å². The minimum absolute atomic E-state index is 0.0433. The van der Waals surface area contributed by atoms with Crippen LogP contribution in [0, 0.1) is 0 Å². The van der Waals surface area contributed by atoms with E-state index in [1.54, 1.807) is 0 Å². The van der Waals surface area contributed by atoms with Crippen molar-refractivity contribution in [1.29, 1.82) is 0 Å². The van der Waals surface area contributed by atoms with Crippen molar-refractivity contribution in [2.24, 2.45) is 5.73 Å². The molecule has 1 aromatic rings. The average molecular weight is 295 g/mol. The Morgan fingerprint density at radius 2 is 2.20 bits per heavy atom. The molecule has 2 atom stereocenters. The summed E-state index contributed by atoms with van der Waals surface area (Å²) in [6.45, 7) is 4.65. The Morgan fingerprint density at radius 3 is 2.85 bits per heavy atom. The van der Waals surface area contributed by atoms with E-state index in [9.17, 15) is 4.79 Å². The van der Waals surface area contributed by atoms with Gasteiger partial charge in [0.05, 0.1) is 11.6 Å². The highest BCUT2D eigenvalue weighted by molar-refractivity contribution is 6.31. The number of nitrogens with two attached hydrogens (primary N) is 1. The number of hydrogen-bond donors (Lipinski definition) is 1. The van der Waals surface area contributed by atoms with E-state index in [2.05, 4.69) is 0 Å². The van der Waals surface area contributed by atoms with E-state index in [1.807, 2.05) is 43.0 Å². The van der Waals surface area contributed by atoms with Crippen molar-refractivity contribution in [3.05, 3.63) is 34.9 Å². The molecule has 2 unspecified atom stereocenters. The largest absolute Gasteiger partial charge is 0.334 e. The molecule has 1 fully saturated rings. The summed E-state index contributed by atoms with van der Waals surface area (Å²) >= 11 is 6.28. The minimum Gasteiger partial charge on any atom is -0.334 e. The first-order chi connectivity index (χ1) is 9.47. The van der Waals surface area contributed by atoms with Crippen molar-refractivity contribution >= 4 is 17.5 Å². The third kappa shape index (κ3) is 2.99. The van der Waals surface area contributed by atoms with Gasteiger partial charge in [-0.3, -0.25) is 4.79 Å². The van der Waals surface area contributed by atoms with E-state index in [0.717, 1.165) is 36.4 Å². The van der Waals surface area contributed by atoms with Gasteiger partial charge in [-0.2, -0.15) is 0 Å². The van der Waals surface area contributed by atoms with Crippen LogP contribution in [-0.4, -0.2) is 22.9 Å². The van der Waals surface area contributed by atoms with E-state index >= 15 is 0 Å². The normalized spacial score (nSPS) is 21.8. The molecule has 0 bridgehead atoms. The predicted octanol–water partition coefficient (Wildman–Crippen LogP) is 3.52. The van der Waals surface area contributed by atoms with Crippen molar-refractivity contribution in [2.75, 3.05) is 6.54 Å². The molecule has 1 amide bonds. The van der Waals surface area contributed by atoms with Crippen molar-refractivity contribution < 1.29 is 4.79 Å². The first kappa shape index (κ1) is 15.3. The quantitative estimate of drug-likeness (QED) is 0.923. The van der Waals surface area contributed by atoms with Crippen LogP contribution in [0.5, 0.6) is 0 Å². The lowest BCUT2D eigenvalue weighted by Gasteiger charge is -2.33. The molecule has 0 aromatic heterocycles. The number of halogens is 1. The first-order valence-electron chi connectivity index (χ1n) is 7.31. The molecule has 1 aliphatic rings. The van der Waals surface area contributed by atoms with Gasteiger partial charge < -0.3 is 10.6 Å². The van der Waals surface area contributed by atoms with Crippen LogP contribution in [0.2, 0.25) is 5.02 Å². The second-order valence-electron chi connectivity index (χ2n) is 5.85. The van der Waals surface area contributed by atoms with Crippen LogP contribution < -0.4 is 5.73 Å². The van der Waals surface area contributed by atoms with Gasteiger partial charge >= 0.3 is 0 Å². The fraction of sp³-hybridized carbons (Fsp3) is 0.562. The molecule has 0 spiro atoms. The van der Waals surface area contributed by atoms with Crippen LogP contribution in [0.15, 0.2) is 24.3 Å². The van der Waals surface area contributed by atoms with Crippen LogP contribution in [0.3, 0.4) is 0 Å². The number of hydrogen-bond acceptors (Lipinski definition) is 2. The van der Waals surface area contributed by atoms with E-state index < -0.39 is 5.54 Å². The number of nitrogens with zero attached hydrogens (tertiary/aromatic N) is 1. The SMILES string of the molecule is CCCC(C)(N)C(=O)N1CCCC1c1ccccc1Cl. The Kier molecular flexibility index (Phi) is 4.71. The summed E-state index contributed by atoms with van der Waals surface area (Å²) in [7, 11) is 0. The van der Waals surface area contributed by atoms with Gasteiger partial charge in [-0.15, -0.1) is 0 Å². The van der Waals surface area contributed by atoms with Crippen LogP contribution in [0.1, 0.15) is 51.1 Å². The van der Waals surface area contributed by atoms with E-state index in [4.69, 9.17) is 17.3 Å². The van der Waals surface area contributed by atoms with Crippen LogP contribution in [0.25, 0.3) is 0 Å². The van der Waals surface area contributed by atoms with Crippen LogP contribution >= 0.6 is 11.6 Å². The molecule has 1 saturated heterocycles. The molecule has 2 N–H and O–H groups in total. The summed E-state index contributed by atoms with van der Waals surface area (Å²) < 4.78 is 0. The molecule has 2 rings (SSSR count). The third-order valence-electron chi connectivity index (χ3n) is 4.04. The maximum absolute atomic E-state index is 12.7. The lowest BCUT2D eigenvalue weighted by Crippen LogP contribution is -2.52. The third-order valence-corrected chi connectivity index (χ3v) is 4.38. The van der Waals surface area contributed by atoms with Gasteiger partial charge in [0, 0.05) is 11.6 Å². The Balaban J connectivity index is 2.24. The smallest absolute Gasteiger partial charge is 0.242 e. The van der Waals surface area contributed by atoms with Crippen molar-refractivity contribution in [3.63, 3.8) is 0 Å². The maximum atomic E-state index is 12.7. The highest BCUT2D eigenvalue weighted by Gasteiger charge is 2.38. The zero-order valence-corrected chi connectivity index (χ0v) is 13.0. The van der Waals surface area contributed by atoms with Crippen molar-refractivity contribution in [2.45, 2.75) is 51.1 Å². The highest BCUT2D eigenvalue weighted by Crippen LogP contribution is 2.37. The molecule has 0 aliphatic carbocycles. The van der Waals surface area contributed by atoms with E-state index in [0.29, 0.717) is 6.42 Å². The van der Waals surface area contributed by atoms with Gasteiger partial charge in [0.25, 0.3) is 0 Å². The number of amides is 1. The summed E-state index contributed by atoms with van der Waals surface area (Å²) in [4.78, 5) is 14.6. The number of carbonyl (C=O) groups excluding carboxylic acids is 1. The lowest BCUT2D eigenvalue weighted by atomic mass is 9.94. The van der Waals surface area contributed by atoms with Crippen molar-refractivity contribution in [3.8, 4) is 0 Å². The predicted molar refractivity (Wildman–Crippen MR) is 82.6 cm³/mol. The molecule has 20 heavy (non-hydrogen) atoms. The Hall–Kier alpha value is -1.06. The number of rotatable bonds is 4. The zero-order valence-electron chi connectivity index (χ0n) is 12.2. The molecular formula is C16H23ClN2O. The first-order valence-corrected chi connectivity index (χ1v) is 7.69. The Labute approximate surface area is 126 Å². The fourth-order valence-corrected chi connectivity index (χ4v) is 3.29. The van der Waals surface area contributed by atoms with Crippen LogP contribution in [0.4, 0.5) is 0 Å². The topological polar surface area (TPSA) is 46.3 Å². The second kappa shape index (κ2) is 6.15. The standard InChI is InChI=1S/C16H23ClN2O/c1-3-10-16(2,18)15(20)19-11-6-9-14(19)12-7-4-5-8-13(12)17/h4-5,7-8,14H,3,6,9-11,18H2,1-2H3. The monoisotopic (exact) mass is 294 g/mol.